The lowest BCUT2D eigenvalue weighted by atomic mass is 9.60. The highest BCUT2D eigenvalue weighted by Crippen LogP contribution is 2.57. The second kappa shape index (κ2) is 28.1. The molecule has 0 unspecified atom stereocenters. The minimum absolute atomic E-state index is 0.0196. The maximum atomic E-state index is 4.96. The van der Waals surface area contributed by atoms with Crippen LogP contribution in [0.2, 0.25) is 0 Å². The maximum absolute atomic E-state index is 4.96. The molecule has 13 heterocycles. The van der Waals surface area contributed by atoms with Crippen molar-refractivity contribution in [3.8, 4) is 33.8 Å². The van der Waals surface area contributed by atoms with Crippen LogP contribution < -0.4 is 18.3 Å². The van der Waals surface area contributed by atoms with Crippen molar-refractivity contribution in [3.63, 3.8) is 0 Å². The zero-order valence-corrected chi connectivity index (χ0v) is 77.7. The van der Waals surface area contributed by atoms with E-state index in [2.05, 4.69) is 424 Å². The van der Waals surface area contributed by atoms with Gasteiger partial charge in [-0.2, -0.15) is 17.6 Å². The Bertz CT molecular complexity index is 7460. The number of para-hydroxylation sites is 1. The Balaban J connectivity index is 0.000000108. The Labute approximate surface area is 725 Å². The van der Waals surface area contributed by atoms with Gasteiger partial charge in [0.1, 0.15) is 34.5 Å². The van der Waals surface area contributed by atoms with Gasteiger partial charge in [-0.1, -0.05) is 281 Å². The van der Waals surface area contributed by atoms with Gasteiger partial charge in [-0.3, -0.25) is 9.97 Å². The number of fused-ring (bicyclic) bond motifs is 15. The lowest BCUT2D eigenvalue weighted by Gasteiger charge is -2.43. The highest BCUT2D eigenvalue weighted by molar-refractivity contribution is 6.17. The minimum atomic E-state index is -0.0820. The van der Waals surface area contributed by atoms with Crippen LogP contribution in [-0.4, -0.2) is 27.6 Å². The van der Waals surface area contributed by atoms with E-state index >= 15 is 0 Å². The third-order valence-electron chi connectivity index (χ3n) is 31.0. The average Bonchev–Trinajstić information content (AvgIpc) is 1.56. The molecule has 0 radical (unpaired) electrons. The van der Waals surface area contributed by atoms with E-state index in [9.17, 15) is 0 Å². The Morgan fingerprint density at radius 2 is 0.691 bits per heavy atom. The number of aromatic nitrogens is 10. The second-order valence-electron chi connectivity index (χ2n) is 40.7. The molecule has 22 rings (SSSR count). The van der Waals surface area contributed by atoms with Crippen LogP contribution in [0, 0.1) is 60.3 Å². The number of benzene rings is 9. The number of hydrogen-bond acceptors (Lipinski definition) is 2. The number of nitrogens with zero attached hydrogens (tertiary/aromatic N) is 10. The molecule has 620 valence electrons. The smallest absolute Gasteiger partial charge is 0.255 e. The van der Waals surface area contributed by atoms with Crippen molar-refractivity contribution in [1.82, 2.24) is 27.6 Å². The van der Waals surface area contributed by atoms with Gasteiger partial charge in [0.05, 0.1) is 71.5 Å². The molecule has 0 saturated heterocycles. The molecule has 10 heteroatoms. The van der Waals surface area contributed by atoms with Crippen LogP contribution in [0.4, 0.5) is 0 Å². The molecule has 19 aromatic rings. The first kappa shape index (κ1) is 80.8. The molecule has 0 N–H and O–H groups in total. The molecular weight excluding hydrogens is 1500 g/mol. The standard InChI is InChI=1S/C31H35N2.C30H31N2.C29H30N3.C23H26N3/c1-20(2)17-23-12-10-13-24(18-21(3)4)30(23)28-19-32(6)31-29-22(5)11-9-15-26(29)25-14-7-8-16-27(25)33(28)31;1-18-12-11-15-21-23-19(2)16-17-22-26(23)32-27(30(5,6)29(22,3)4)25(20-13-9-8-10-14-20)31(7)28(32)24(18)21;1-17-13-14-20-25-21(17)23-22(18(2)15-16-30-23)27-31(7)24(19-11-9-8-10-12-19)26(32(25)27)29(5,6)28(20,3)4;1-13-8-9-15-20-17(13)19-18(14(2)10-11-24-19)21-25(7)12-16(26(20)21)23(5,6)22(15,3)4/h7-16,19-21H,17-18H2,1-6H3;8-17H,1-7H3;8-16H,1-7H3;8-12H,1-7H3/q4*+1. The van der Waals surface area contributed by atoms with Crippen LogP contribution in [0.5, 0.6) is 0 Å². The van der Waals surface area contributed by atoms with Gasteiger partial charge in [-0.05, 0) is 141 Å². The summed E-state index contributed by atoms with van der Waals surface area (Å²) in [6, 6.07) is 69.3. The van der Waals surface area contributed by atoms with E-state index in [1.807, 2.05) is 12.4 Å². The third-order valence-corrected chi connectivity index (χ3v) is 31.0. The fraction of sp³-hybridized carbons (Fsp3) is 0.327. The largest absolute Gasteiger partial charge is 0.297 e. The first-order chi connectivity index (χ1) is 58.4. The summed E-state index contributed by atoms with van der Waals surface area (Å²) in [4.78, 5) is 9.81. The van der Waals surface area contributed by atoms with E-state index in [1.54, 1.807) is 0 Å². The van der Waals surface area contributed by atoms with Crippen LogP contribution in [0.15, 0.2) is 213 Å². The van der Waals surface area contributed by atoms with Gasteiger partial charge in [0.15, 0.2) is 34.2 Å². The molecule has 0 fully saturated rings. The van der Waals surface area contributed by atoms with Gasteiger partial charge in [0.25, 0.3) is 22.6 Å². The van der Waals surface area contributed by atoms with Crippen LogP contribution in [0.3, 0.4) is 0 Å². The molecular formula is C113H122N10+4. The molecule has 0 spiro atoms. The lowest BCUT2D eigenvalue weighted by Crippen LogP contribution is -2.44. The van der Waals surface area contributed by atoms with Crippen LogP contribution in [0.1, 0.15) is 195 Å². The van der Waals surface area contributed by atoms with Crippen LogP contribution >= 0.6 is 0 Å². The highest BCUT2D eigenvalue weighted by atomic mass is 15.2. The lowest BCUT2D eigenvalue weighted by molar-refractivity contribution is -0.643. The second-order valence-corrected chi connectivity index (χ2v) is 40.7. The summed E-state index contributed by atoms with van der Waals surface area (Å²) in [6.45, 7) is 53.7. The number of imidazole rings is 4. The molecule has 123 heavy (non-hydrogen) atoms. The zero-order chi connectivity index (χ0) is 87.0. The Kier molecular flexibility index (Phi) is 18.4. The third kappa shape index (κ3) is 11.2. The highest BCUT2D eigenvalue weighted by Gasteiger charge is 2.56. The van der Waals surface area contributed by atoms with Crippen molar-refractivity contribution in [2.45, 2.75) is 205 Å². The summed E-state index contributed by atoms with van der Waals surface area (Å²) in [5.74, 6) is 1.22. The summed E-state index contributed by atoms with van der Waals surface area (Å²) in [6.07, 6.45) is 10.8. The van der Waals surface area contributed by atoms with Crippen molar-refractivity contribution in [1.29, 1.82) is 0 Å². The van der Waals surface area contributed by atoms with Gasteiger partial charge in [-0.25, -0.2) is 18.3 Å². The van der Waals surface area contributed by atoms with Gasteiger partial charge in [-0.15, -0.1) is 0 Å². The summed E-state index contributed by atoms with van der Waals surface area (Å²) in [5, 5.41) is 13.2. The summed E-state index contributed by atoms with van der Waals surface area (Å²) in [5.41, 5.74) is 40.9. The van der Waals surface area contributed by atoms with E-state index in [1.165, 1.54) is 216 Å². The molecule has 0 aliphatic carbocycles. The summed E-state index contributed by atoms with van der Waals surface area (Å²) in [7, 11) is 8.85. The monoisotopic (exact) mass is 1620 g/mol. The number of rotatable bonds is 7. The predicted molar refractivity (Wildman–Crippen MR) is 515 cm³/mol. The van der Waals surface area contributed by atoms with Gasteiger partial charge < -0.3 is 0 Å². The molecule has 0 atom stereocenters. The van der Waals surface area contributed by atoms with E-state index in [-0.39, 0.29) is 32.5 Å². The van der Waals surface area contributed by atoms with Crippen molar-refractivity contribution in [2.24, 2.45) is 40.0 Å². The van der Waals surface area contributed by atoms with Crippen molar-refractivity contribution >= 4 is 110 Å². The fourth-order valence-corrected chi connectivity index (χ4v) is 22.7. The van der Waals surface area contributed by atoms with E-state index in [4.69, 9.17) is 9.97 Å². The molecule has 9 aromatic carbocycles. The average molecular weight is 1620 g/mol. The Hall–Kier alpha value is -11.9. The van der Waals surface area contributed by atoms with Gasteiger partial charge >= 0.3 is 0 Å². The topological polar surface area (TPSA) is 58.9 Å². The molecule has 10 nitrogen and oxygen atoms in total. The molecule has 0 saturated carbocycles. The van der Waals surface area contributed by atoms with Crippen molar-refractivity contribution < 1.29 is 18.3 Å². The number of aryl methyl sites for hydroxylation is 11. The van der Waals surface area contributed by atoms with Gasteiger partial charge in [0.2, 0.25) is 0 Å². The SMILES string of the molecule is Cc1ccc2c3c1c1cccc(C)c1c1n3c(c(-c3ccccc3)[n+]1C)C(C)(C)C2(C)C.Cc1ccc2c3c1c1nccc(C)c1c1n3c(c(-c3ccccc3)[n+]1C)C(C)(C)C2(C)C.Cc1ccc2c3c1c1nccc(C)c1c1n3c(c[n+]1C)C(C)(C)C2(C)C.Cc1cccc2c3ccccc3n3c(-c4c(CC(C)C)cccc4CC(C)C)c[n+](C)c3c12. The zero-order valence-electron chi connectivity index (χ0n) is 77.7. The first-order valence-electron chi connectivity index (χ1n) is 44.8. The molecule has 0 amide bonds. The maximum Gasteiger partial charge on any atom is 0.297 e. The quantitative estimate of drug-likeness (QED) is 0.118. The summed E-state index contributed by atoms with van der Waals surface area (Å²) >= 11 is 0. The Morgan fingerprint density at radius 1 is 0.317 bits per heavy atom. The van der Waals surface area contributed by atoms with Gasteiger partial charge in [0, 0.05) is 99.8 Å². The number of pyridine rings is 6. The normalized spacial score (nSPS) is 15.6. The molecule has 3 aliphatic rings. The Morgan fingerprint density at radius 3 is 1.19 bits per heavy atom. The molecule has 0 bridgehead atoms. The van der Waals surface area contributed by atoms with Crippen LogP contribution in [0.25, 0.3) is 143 Å². The van der Waals surface area contributed by atoms with E-state index < -0.39 is 0 Å². The molecule has 10 aromatic heterocycles. The van der Waals surface area contributed by atoms with Crippen LogP contribution in [-0.2, 0) is 73.5 Å². The minimum Gasteiger partial charge on any atom is -0.255 e. The number of hydrogen-bond donors (Lipinski definition) is 0. The summed E-state index contributed by atoms with van der Waals surface area (Å²) < 4.78 is 19.7. The van der Waals surface area contributed by atoms with E-state index in [0.29, 0.717) is 11.8 Å². The van der Waals surface area contributed by atoms with Crippen molar-refractivity contribution in [3.05, 3.63) is 297 Å². The van der Waals surface area contributed by atoms with Crippen molar-refractivity contribution in [2.75, 3.05) is 0 Å². The van der Waals surface area contributed by atoms with E-state index in [0.717, 1.165) is 23.9 Å². The fourth-order valence-electron chi connectivity index (χ4n) is 22.7. The molecule has 3 aliphatic heterocycles. The first-order valence-corrected chi connectivity index (χ1v) is 44.8. The predicted octanol–water partition coefficient (Wildman–Crippen LogP) is 25.3.